The standard InChI is InChI=1S/C35H34N8O5/c1-41-27(13-15-37-41)23-47-34-39-31(33(44)38-30-19-28(46-2)18-25-10-6-7-11-29(25)30)20-32(40-34)42-16-17-43(26(21-42)12-14-36)35(45)48-22-24-8-4-3-5-9-24/h3-11,13,15,18-20,26H,12,16-17,21-23H2,1-2H3,(H,38,44)/t26-/m0/s1. The third-order valence-corrected chi connectivity index (χ3v) is 8.09. The predicted molar refractivity (Wildman–Crippen MR) is 178 cm³/mol. The number of amides is 2. The lowest BCUT2D eigenvalue weighted by Crippen LogP contribution is -2.55. The van der Waals surface area contributed by atoms with Crippen molar-refractivity contribution in [3.63, 3.8) is 0 Å². The maximum absolute atomic E-state index is 13.8. The predicted octanol–water partition coefficient (Wildman–Crippen LogP) is 4.94. The highest BCUT2D eigenvalue weighted by Crippen LogP contribution is 2.30. The molecule has 6 rings (SSSR count). The van der Waals surface area contributed by atoms with Crippen LogP contribution >= 0.6 is 0 Å². The summed E-state index contributed by atoms with van der Waals surface area (Å²) in [6.07, 6.45) is 1.25. The highest BCUT2D eigenvalue weighted by atomic mass is 16.6. The lowest BCUT2D eigenvalue weighted by Gasteiger charge is -2.40. The van der Waals surface area contributed by atoms with Gasteiger partial charge in [0.15, 0.2) is 0 Å². The zero-order valence-electron chi connectivity index (χ0n) is 26.6. The van der Waals surface area contributed by atoms with Crippen molar-refractivity contribution in [1.29, 1.82) is 5.26 Å². The molecule has 0 saturated carbocycles. The highest BCUT2D eigenvalue weighted by Gasteiger charge is 2.33. The number of ether oxygens (including phenoxy) is 3. The van der Waals surface area contributed by atoms with Gasteiger partial charge in [0.2, 0.25) is 0 Å². The van der Waals surface area contributed by atoms with E-state index in [9.17, 15) is 14.9 Å². The van der Waals surface area contributed by atoms with E-state index in [4.69, 9.17) is 14.2 Å². The number of nitriles is 1. The quantitative estimate of drug-likeness (QED) is 0.221. The molecule has 0 aliphatic carbocycles. The van der Waals surface area contributed by atoms with Gasteiger partial charge in [0.05, 0.1) is 37.0 Å². The average molecular weight is 647 g/mol. The smallest absolute Gasteiger partial charge is 0.410 e. The molecule has 13 heteroatoms. The molecule has 1 aliphatic rings. The van der Waals surface area contributed by atoms with Crippen LogP contribution in [0.5, 0.6) is 11.8 Å². The number of fused-ring (bicyclic) bond motifs is 1. The maximum atomic E-state index is 13.8. The van der Waals surface area contributed by atoms with Crippen LogP contribution in [-0.4, -0.2) is 69.4 Å². The summed E-state index contributed by atoms with van der Waals surface area (Å²) in [6, 6.07) is 25.8. The monoisotopic (exact) mass is 646 g/mol. The molecule has 1 saturated heterocycles. The first kappa shape index (κ1) is 31.8. The van der Waals surface area contributed by atoms with E-state index in [1.54, 1.807) is 42.1 Å². The summed E-state index contributed by atoms with van der Waals surface area (Å²) in [4.78, 5) is 39.5. The zero-order chi connectivity index (χ0) is 33.5. The second-order valence-corrected chi connectivity index (χ2v) is 11.2. The van der Waals surface area contributed by atoms with E-state index >= 15 is 0 Å². The van der Waals surface area contributed by atoms with E-state index in [0.29, 0.717) is 23.8 Å². The van der Waals surface area contributed by atoms with Crippen LogP contribution in [0.1, 0.15) is 28.2 Å². The molecule has 1 N–H and O–H groups in total. The van der Waals surface area contributed by atoms with Gasteiger partial charge in [-0.2, -0.15) is 20.3 Å². The van der Waals surface area contributed by atoms with Crippen molar-refractivity contribution in [3.05, 3.63) is 102 Å². The Morgan fingerprint density at radius 2 is 1.81 bits per heavy atom. The van der Waals surface area contributed by atoms with Crippen LogP contribution in [0.4, 0.5) is 16.3 Å². The van der Waals surface area contributed by atoms with Crippen LogP contribution in [0.3, 0.4) is 0 Å². The van der Waals surface area contributed by atoms with Crippen LogP contribution in [-0.2, 0) is 25.0 Å². The molecule has 1 aliphatic heterocycles. The summed E-state index contributed by atoms with van der Waals surface area (Å²) >= 11 is 0. The molecular formula is C35H34N8O5. The van der Waals surface area contributed by atoms with Gasteiger partial charge < -0.3 is 29.3 Å². The molecule has 0 unspecified atom stereocenters. The number of anilines is 2. The summed E-state index contributed by atoms with van der Waals surface area (Å²) in [7, 11) is 3.37. The molecule has 3 heterocycles. The highest BCUT2D eigenvalue weighted by molar-refractivity contribution is 6.09. The Labute approximate surface area is 277 Å². The summed E-state index contributed by atoms with van der Waals surface area (Å²) in [5, 5.41) is 18.5. The Kier molecular flexibility index (Phi) is 9.61. The summed E-state index contributed by atoms with van der Waals surface area (Å²) < 4.78 is 18.7. The lowest BCUT2D eigenvalue weighted by molar-refractivity contribution is 0.0768. The van der Waals surface area contributed by atoms with Crippen LogP contribution in [0.25, 0.3) is 10.8 Å². The second-order valence-electron chi connectivity index (χ2n) is 11.2. The molecule has 2 amide bonds. The molecule has 3 aromatic carbocycles. The number of aryl methyl sites for hydroxylation is 1. The molecule has 0 radical (unpaired) electrons. The molecular weight excluding hydrogens is 612 g/mol. The second kappa shape index (κ2) is 14.5. The average Bonchev–Trinajstić information content (AvgIpc) is 3.54. The van der Waals surface area contributed by atoms with Crippen LogP contribution in [0.2, 0.25) is 0 Å². The zero-order valence-corrected chi connectivity index (χ0v) is 26.6. The molecule has 0 bridgehead atoms. The fourth-order valence-electron chi connectivity index (χ4n) is 5.51. The first-order valence-electron chi connectivity index (χ1n) is 15.4. The largest absolute Gasteiger partial charge is 0.497 e. The summed E-state index contributed by atoms with van der Waals surface area (Å²) in [6.45, 7) is 1.20. The van der Waals surface area contributed by atoms with Gasteiger partial charge in [-0.1, -0.05) is 54.6 Å². The Balaban J connectivity index is 1.26. The molecule has 244 valence electrons. The van der Waals surface area contributed by atoms with Crippen LogP contribution in [0, 0.1) is 11.3 Å². The van der Waals surface area contributed by atoms with E-state index < -0.39 is 18.0 Å². The number of carbonyl (C=O) groups is 2. The van der Waals surface area contributed by atoms with E-state index in [0.717, 1.165) is 22.0 Å². The maximum Gasteiger partial charge on any atom is 0.410 e. The van der Waals surface area contributed by atoms with Crippen molar-refractivity contribution in [2.45, 2.75) is 25.7 Å². The fourth-order valence-corrected chi connectivity index (χ4v) is 5.51. The van der Waals surface area contributed by atoms with Crippen LogP contribution < -0.4 is 19.7 Å². The molecule has 13 nitrogen and oxygen atoms in total. The number of piperazine rings is 1. The first-order chi connectivity index (χ1) is 23.4. The molecule has 5 aromatic rings. The van der Waals surface area contributed by atoms with Gasteiger partial charge >= 0.3 is 12.1 Å². The number of hydrogen-bond donors (Lipinski definition) is 1. The Hall–Kier alpha value is -6.16. The van der Waals surface area contributed by atoms with Crippen LogP contribution in [0.15, 0.2) is 85.1 Å². The van der Waals surface area contributed by atoms with E-state index in [-0.39, 0.29) is 44.4 Å². The van der Waals surface area contributed by atoms with Crippen molar-refractivity contribution in [2.24, 2.45) is 7.05 Å². The molecule has 1 fully saturated rings. The van der Waals surface area contributed by atoms with E-state index in [2.05, 4.69) is 26.5 Å². The number of nitrogens with one attached hydrogen (secondary N) is 1. The SMILES string of the molecule is COc1cc(NC(=O)c2cc(N3CCN(C(=O)OCc4ccccc4)[C@@H](CC#N)C3)nc(OCc3ccnn3C)n2)c2ccccc2c1. The Bertz CT molecular complexity index is 1960. The third-order valence-electron chi connectivity index (χ3n) is 8.09. The first-order valence-corrected chi connectivity index (χ1v) is 15.4. The van der Waals surface area contributed by atoms with Crippen molar-refractivity contribution >= 4 is 34.3 Å². The third kappa shape index (κ3) is 7.28. The van der Waals surface area contributed by atoms with Crippen molar-refractivity contribution in [1.82, 2.24) is 24.6 Å². The van der Waals surface area contributed by atoms with Gasteiger partial charge in [-0.25, -0.2) is 4.79 Å². The summed E-state index contributed by atoms with van der Waals surface area (Å²) in [5.74, 6) is 0.543. The fraction of sp³-hybridized carbons (Fsp3) is 0.257. The minimum atomic E-state index is -0.493. The van der Waals surface area contributed by atoms with Gasteiger partial charge in [0, 0.05) is 50.4 Å². The molecule has 48 heavy (non-hydrogen) atoms. The van der Waals surface area contributed by atoms with Crippen molar-refractivity contribution < 1.29 is 23.8 Å². The number of methoxy groups -OCH3 is 1. The minimum absolute atomic E-state index is 0.00381. The summed E-state index contributed by atoms with van der Waals surface area (Å²) in [5.41, 5.74) is 2.29. The molecule has 2 aromatic heterocycles. The normalized spacial score (nSPS) is 14.3. The van der Waals surface area contributed by atoms with Gasteiger partial charge in [-0.3, -0.25) is 9.48 Å². The van der Waals surface area contributed by atoms with E-state index in [1.165, 1.54) is 0 Å². The minimum Gasteiger partial charge on any atom is -0.497 e. The van der Waals surface area contributed by atoms with Gasteiger partial charge in [0.25, 0.3) is 5.91 Å². The van der Waals surface area contributed by atoms with Crippen molar-refractivity contribution in [3.8, 4) is 17.8 Å². The molecule has 0 spiro atoms. The topological polar surface area (TPSA) is 148 Å². The van der Waals surface area contributed by atoms with Crippen molar-refractivity contribution in [2.75, 3.05) is 37.0 Å². The van der Waals surface area contributed by atoms with E-state index in [1.807, 2.05) is 71.6 Å². The van der Waals surface area contributed by atoms with Gasteiger partial charge in [-0.15, -0.1) is 0 Å². The Morgan fingerprint density at radius 1 is 1.00 bits per heavy atom. The number of carbonyl (C=O) groups excluding carboxylic acids is 2. The molecule has 1 atom stereocenters. The number of hydrogen-bond acceptors (Lipinski definition) is 10. The number of nitrogens with zero attached hydrogens (tertiary/aromatic N) is 7. The number of rotatable bonds is 10. The Morgan fingerprint density at radius 3 is 2.58 bits per heavy atom. The van der Waals surface area contributed by atoms with Gasteiger partial charge in [-0.05, 0) is 23.1 Å². The number of benzene rings is 3. The lowest BCUT2D eigenvalue weighted by atomic mass is 10.1. The van der Waals surface area contributed by atoms with Gasteiger partial charge in [0.1, 0.15) is 30.5 Å². The number of aromatic nitrogens is 4.